The summed E-state index contributed by atoms with van der Waals surface area (Å²) in [4.78, 5) is 54.7. The average Bonchev–Trinajstić information content (AvgIpc) is 3.03. The second-order valence-corrected chi connectivity index (χ2v) is 11.8. The average molecular weight is 607 g/mol. The van der Waals surface area contributed by atoms with Crippen LogP contribution in [-0.4, -0.2) is 66.2 Å². The maximum atomic E-state index is 13.3. The van der Waals surface area contributed by atoms with Crippen molar-refractivity contribution in [2.24, 2.45) is 0 Å². The van der Waals surface area contributed by atoms with Crippen LogP contribution in [0.25, 0.3) is 0 Å². The second-order valence-electron chi connectivity index (χ2n) is 11.8. The number of imide groups is 2. The van der Waals surface area contributed by atoms with E-state index in [-0.39, 0.29) is 12.8 Å². The number of nitriles is 1. The molecule has 0 aliphatic carbocycles. The van der Waals surface area contributed by atoms with Crippen molar-refractivity contribution in [1.29, 1.82) is 5.26 Å². The Bertz CT molecular complexity index is 1670. The van der Waals surface area contributed by atoms with Crippen molar-refractivity contribution in [2.75, 3.05) is 36.4 Å². The molecule has 2 heterocycles. The van der Waals surface area contributed by atoms with Crippen molar-refractivity contribution in [3.63, 3.8) is 0 Å². The van der Waals surface area contributed by atoms with Crippen molar-refractivity contribution < 1.29 is 19.2 Å². The molecule has 1 unspecified atom stereocenters. The molecule has 4 amide bonds. The van der Waals surface area contributed by atoms with Gasteiger partial charge >= 0.3 is 0 Å². The Morgan fingerprint density at radius 2 is 1.82 bits per heavy atom. The summed E-state index contributed by atoms with van der Waals surface area (Å²) in [5.74, 6) is -1.62. The Kier molecular flexibility index (Phi) is 9.59. The first kappa shape index (κ1) is 31.4. The molecule has 10 heteroatoms. The molecule has 0 bridgehead atoms. The molecule has 2 N–H and O–H groups in total. The standard InChI is InChI=1S/C35H38N6O4/c1-23-17-27(7-9-28(23)21-39-13-15-40(16-14-39)31-10-8-26(19-36)18-24(31)2)20-37-30-6-4-5-29(25(30)3)35(45)41(22-42)32-11-12-33(43)38-34(32)44/h4-10,17-18,22,32,37H,11-16,20-21H2,1-3H3,(H,38,43,44). The number of carbonyl (C=O) groups excluding carboxylic acids is 4. The third kappa shape index (κ3) is 7.05. The van der Waals surface area contributed by atoms with Crippen LogP contribution in [0, 0.1) is 32.1 Å². The number of nitrogens with zero attached hydrogens (tertiary/aromatic N) is 4. The van der Waals surface area contributed by atoms with Crippen molar-refractivity contribution in [2.45, 2.75) is 52.7 Å². The number of piperidine rings is 1. The summed E-state index contributed by atoms with van der Waals surface area (Å²) in [6.45, 7) is 11.2. The molecule has 2 aliphatic heterocycles. The Morgan fingerprint density at radius 1 is 1.04 bits per heavy atom. The topological polar surface area (TPSA) is 126 Å². The summed E-state index contributed by atoms with van der Waals surface area (Å²) in [6.07, 6.45) is 0.543. The van der Waals surface area contributed by atoms with E-state index in [1.165, 1.54) is 16.8 Å². The second kappa shape index (κ2) is 13.7. The van der Waals surface area contributed by atoms with Gasteiger partial charge in [-0.2, -0.15) is 5.26 Å². The largest absolute Gasteiger partial charge is 0.381 e. The fourth-order valence-electron chi connectivity index (χ4n) is 6.12. The lowest BCUT2D eigenvalue weighted by Crippen LogP contribution is -2.53. The smallest absolute Gasteiger partial charge is 0.261 e. The van der Waals surface area contributed by atoms with Crippen LogP contribution in [0.1, 0.15) is 56.6 Å². The number of hydrogen-bond donors (Lipinski definition) is 2. The highest BCUT2D eigenvalue weighted by Crippen LogP contribution is 2.25. The summed E-state index contributed by atoms with van der Waals surface area (Å²) in [5.41, 5.74) is 8.37. The molecule has 2 saturated heterocycles. The molecule has 5 rings (SSSR count). The van der Waals surface area contributed by atoms with Gasteiger partial charge in [0.25, 0.3) is 5.91 Å². The van der Waals surface area contributed by atoms with Crippen molar-refractivity contribution in [3.8, 4) is 6.07 Å². The number of anilines is 2. The molecule has 0 saturated carbocycles. The zero-order valence-corrected chi connectivity index (χ0v) is 25.9. The maximum Gasteiger partial charge on any atom is 0.261 e. The quantitative estimate of drug-likeness (QED) is 0.278. The zero-order chi connectivity index (χ0) is 32.1. The number of carbonyl (C=O) groups is 4. The van der Waals surface area contributed by atoms with E-state index in [9.17, 15) is 19.2 Å². The normalized spacial score (nSPS) is 16.9. The molecule has 2 fully saturated rings. The van der Waals surface area contributed by atoms with Crippen LogP contribution in [0.15, 0.2) is 54.6 Å². The summed E-state index contributed by atoms with van der Waals surface area (Å²) < 4.78 is 0. The third-order valence-corrected chi connectivity index (χ3v) is 8.78. The number of aryl methyl sites for hydroxylation is 2. The van der Waals surface area contributed by atoms with Gasteiger partial charge in [0, 0.05) is 62.6 Å². The number of hydrogen-bond acceptors (Lipinski definition) is 8. The fourth-order valence-corrected chi connectivity index (χ4v) is 6.12. The molecule has 0 spiro atoms. The molecule has 1 atom stereocenters. The van der Waals surface area contributed by atoms with Gasteiger partial charge in [-0.25, -0.2) is 0 Å². The Morgan fingerprint density at radius 3 is 2.49 bits per heavy atom. The molecule has 10 nitrogen and oxygen atoms in total. The van der Waals surface area contributed by atoms with Crippen molar-refractivity contribution in [3.05, 3.63) is 93.5 Å². The number of piperazine rings is 1. The van der Waals surface area contributed by atoms with Gasteiger partial charge in [-0.15, -0.1) is 0 Å². The summed E-state index contributed by atoms with van der Waals surface area (Å²) in [5, 5.41) is 14.8. The van der Waals surface area contributed by atoms with E-state index >= 15 is 0 Å². The number of nitrogens with one attached hydrogen (secondary N) is 2. The Labute approximate surface area is 263 Å². The number of amides is 4. The fraction of sp³-hybridized carbons (Fsp3) is 0.343. The Hall–Kier alpha value is -5.01. The first-order chi connectivity index (χ1) is 21.7. The van der Waals surface area contributed by atoms with Gasteiger partial charge in [-0.3, -0.25) is 34.3 Å². The molecule has 3 aromatic carbocycles. The van der Waals surface area contributed by atoms with Crippen LogP contribution >= 0.6 is 0 Å². The summed E-state index contributed by atoms with van der Waals surface area (Å²) in [7, 11) is 0. The Balaban J connectivity index is 1.18. The van der Waals surface area contributed by atoms with E-state index in [0.29, 0.717) is 29.6 Å². The summed E-state index contributed by atoms with van der Waals surface area (Å²) >= 11 is 0. The first-order valence-electron chi connectivity index (χ1n) is 15.2. The molecule has 45 heavy (non-hydrogen) atoms. The van der Waals surface area contributed by atoms with Crippen LogP contribution in [0.4, 0.5) is 11.4 Å². The van der Waals surface area contributed by atoms with E-state index in [0.717, 1.165) is 54.4 Å². The minimum absolute atomic E-state index is 0.0725. The van der Waals surface area contributed by atoms with Crippen molar-refractivity contribution in [1.82, 2.24) is 15.1 Å². The highest BCUT2D eigenvalue weighted by atomic mass is 16.2. The van der Waals surface area contributed by atoms with Crippen LogP contribution in [0.3, 0.4) is 0 Å². The monoisotopic (exact) mass is 606 g/mol. The molecule has 232 valence electrons. The van der Waals surface area contributed by atoms with Crippen LogP contribution in [-0.2, 0) is 27.5 Å². The van der Waals surface area contributed by atoms with Gasteiger partial charge in [0.1, 0.15) is 6.04 Å². The SMILES string of the molecule is Cc1cc(CNc2cccc(C(=O)N(C=O)C3CCC(=O)NC3=O)c2C)ccc1CN1CCN(c2ccc(C#N)cc2C)CC1. The lowest BCUT2D eigenvalue weighted by atomic mass is 10.0. The predicted molar refractivity (Wildman–Crippen MR) is 171 cm³/mol. The number of rotatable bonds is 9. The molecule has 3 aromatic rings. The highest BCUT2D eigenvalue weighted by molar-refractivity contribution is 6.08. The van der Waals surface area contributed by atoms with Gasteiger partial charge in [-0.1, -0.05) is 24.3 Å². The maximum absolute atomic E-state index is 13.3. The molecule has 2 aliphatic rings. The molecular weight excluding hydrogens is 568 g/mol. The molecule has 0 aromatic heterocycles. The predicted octanol–water partition coefficient (Wildman–Crippen LogP) is 3.82. The molecule has 0 radical (unpaired) electrons. The van der Waals surface area contributed by atoms with Crippen LogP contribution < -0.4 is 15.5 Å². The van der Waals surface area contributed by atoms with E-state index in [1.807, 2.05) is 18.2 Å². The van der Waals surface area contributed by atoms with Gasteiger partial charge in [0.05, 0.1) is 11.6 Å². The van der Waals surface area contributed by atoms with E-state index in [4.69, 9.17) is 5.26 Å². The molecular formula is C35H38N6O4. The summed E-state index contributed by atoms with van der Waals surface area (Å²) in [6, 6.07) is 18.8. The van der Waals surface area contributed by atoms with Crippen LogP contribution in [0.5, 0.6) is 0 Å². The van der Waals surface area contributed by atoms with E-state index in [2.05, 4.69) is 64.6 Å². The lowest BCUT2D eigenvalue weighted by Gasteiger charge is -2.37. The van der Waals surface area contributed by atoms with E-state index in [1.54, 1.807) is 19.1 Å². The van der Waals surface area contributed by atoms with Gasteiger partial charge < -0.3 is 10.2 Å². The lowest BCUT2D eigenvalue weighted by molar-refractivity contribution is -0.139. The first-order valence-corrected chi connectivity index (χ1v) is 15.2. The highest BCUT2D eigenvalue weighted by Gasteiger charge is 2.35. The van der Waals surface area contributed by atoms with Crippen LogP contribution in [0.2, 0.25) is 0 Å². The van der Waals surface area contributed by atoms with Crippen molar-refractivity contribution >= 4 is 35.5 Å². The van der Waals surface area contributed by atoms with Gasteiger partial charge in [-0.05, 0) is 85.3 Å². The van der Waals surface area contributed by atoms with Gasteiger partial charge in [0.15, 0.2) is 0 Å². The van der Waals surface area contributed by atoms with E-state index < -0.39 is 23.8 Å². The minimum atomic E-state index is -1.01. The minimum Gasteiger partial charge on any atom is -0.381 e. The van der Waals surface area contributed by atoms with Gasteiger partial charge in [0.2, 0.25) is 18.2 Å². The zero-order valence-electron chi connectivity index (χ0n) is 25.9. The third-order valence-electron chi connectivity index (χ3n) is 8.78. The number of benzene rings is 3.